The highest BCUT2D eigenvalue weighted by Crippen LogP contribution is 2.62. The summed E-state index contributed by atoms with van der Waals surface area (Å²) in [6.45, 7) is 6.78. The first-order valence-electron chi connectivity index (χ1n) is 9.26. The number of nitrogens with zero attached hydrogens (tertiary/aromatic N) is 3. The highest BCUT2D eigenvalue weighted by atomic mass is 16.5. The van der Waals surface area contributed by atoms with Gasteiger partial charge in [-0.2, -0.15) is 4.98 Å². The van der Waals surface area contributed by atoms with E-state index in [0.29, 0.717) is 17.2 Å². The third-order valence-corrected chi connectivity index (χ3v) is 5.90. The summed E-state index contributed by atoms with van der Waals surface area (Å²) in [5, 5.41) is 7.71. The molecule has 3 fully saturated rings. The average Bonchev–Trinajstić information content (AvgIpc) is 3.01. The molecule has 5 rings (SSSR count). The van der Waals surface area contributed by atoms with Crippen molar-refractivity contribution in [1.29, 1.82) is 0 Å². The van der Waals surface area contributed by atoms with Gasteiger partial charge in [0, 0.05) is 37.7 Å². The maximum atomic E-state index is 5.60. The van der Waals surface area contributed by atoms with E-state index in [0.717, 1.165) is 57.4 Å². The van der Waals surface area contributed by atoms with Crippen LogP contribution in [-0.2, 0) is 11.3 Å². The van der Waals surface area contributed by atoms with Crippen LogP contribution < -0.4 is 5.32 Å². The van der Waals surface area contributed by atoms with Crippen LogP contribution in [0.5, 0.6) is 0 Å². The third kappa shape index (κ3) is 2.99. The minimum Gasteiger partial charge on any atom is -0.379 e. The molecule has 1 saturated carbocycles. The summed E-state index contributed by atoms with van der Waals surface area (Å²) in [5.74, 6) is 1.98. The summed E-state index contributed by atoms with van der Waals surface area (Å²) >= 11 is 0. The predicted molar refractivity (Wildman–Crippen MR) is 93.1 cm³/mol. The van der Waals surface area contributed by atoms with E-state index in [1.807, 2.05) is 0 Å². The summed E-state index contributed by atoms with van der Waals surface area (Å²) in [6.07, 6.45) is 2.41. The van der Waals surface area contributed by atoms with Crippen LogP contribution in [0.2, 0.25) is 0 Å². The molecule has 2 saturated heterocycles. The molecule has 6 heteroatoms. The van der Waals surface area contributed by atoms with E-state index < -0.39 is 0 Å². The quantitative estimate of drug-likeness (QED) is 0.919. The third-order valence-electron chi connectivity index (χ3n) is 5.90. The summed E-state index contributed by atoms with van der Waals surface area (Å²) in [7, 11) is 0. The second-order valence-electron chi connectivity index (χ2n) is 7.59. The average molecular weight is 340 g/mol. The number of morpholine rings is 1. The molecule has 0 radical (unpaired) electrons. The van der Waals surface area contributed by atoms with Crippen molar-refractivity contribution in [1.82, 2.24) is 20.4 Å². The van der Waals surface area contributed by atoms with Crippen molar-refractivity contribution in [2.45, 2.75) is 25.3 Å². The number of aromatic nitrogens is 2. The molecule has 1 aromatic heterocycles. The van der Waals surface area contributed by atoms with Gasteiger partial charge in [-0.3, -0.25) is 4.90 Å². The van der Waals surface area contributed by atoms with Gasteiger partial charge in [0.05, 0.1) is 13.2 Å². The molecule has 2 aromatic rings. The number of hydrogen-bond donors (Lipinski definition) is 1. The Bertz CT molecular complexity index is 747. The molecule has 132 valence electrons. The zero-order chi connectivity index (χ0) is 16.7. The lowest BCUT2D eigenvalue weighted by atomic mass is 10.0. The second kappa shape index (κ2) is 6.20. The molecular formula is C19H24N4O2. The van der Waals surface area contributed by atoms with Crippen molar-refractivity contribution >= 4 is 0 Å². The van der Waals surface area contributed by atoms with E-state index in [9.17, 15) is 0 Å². The van der Waals surface area contributed by atoms with Gasteiger partial charge in [-0.15, -0.1) is 0 Å². The Morgan fingerprint density at radius 3 is 3.04 bits per heavy atom. The number of rotatable bonds is 4. The molecule has 2 unspecified atom stereocenters. The minimum absolute atomic E-state index is 0.391. The van der Waals surface area contributed by atoms with Gasteiger partial charge in [-0.05, 0) is 36.4 Å². The number of nitrogens with one attached hydrogen (secondary N) is 1. The van der Waals surface area contributed by atoms with Gasteiger partial charge in [0.2, 0.25) is 11.7 Å². The molecule has 6 nitrogen and oxygen atoms in total. The van der Waals surface area contributed by atoms with Crippen LogP contribution in [0.4, 0.5) is 0 Å². The van der Waals surface area contributed by atoms with E-state index in [1.54, 1.807) is 0 Å². The van der Waals surface area contributed by atoms with Gasteiger partial charge >= 0.3 is 0 Å². The maximum absolute atomic E-state index is 5.60. The van der Waals surface area contributed by atoms with E-state index in [4.69, 9.17) is 14.2 Å². The largest absolute Gasteiger partial charge is 0.379 e. The Hall–Kier alpha value is -1.76. The van der Waals surface area contributed by atoms with Gasteiger partial charge in [0.25, 0.3) is 0 Å². The van der Waals surface area contributed by atoms with Gasteiger partial charge in [0.15, 0.2) is 0 Å². The topological polar surface area (TPSA) is 63.4 Å². The van der Waals surface area contributed by atoms with Crippen LogP contribution in [0.3, 0.4) is 0 Å². The van der Waals surface area contributed by atoms with E-state index in [-0.39, 0.29) is 0 Å². The Morgan fingerprint density at radius 2 is 2.20 bits per heavy atom. The standard InChI is InChI=1S/C19H24N4O2/c1-2-14(12-23-6-8-24-9-7-23)10-15(3-1)17-21-18(25-22-17)16-11-19(16)4-5-20-13-19/h1-3,10,16,20H,4-9,11-13H2. The fraction of sp³-hybridized carbons (Fsp3) is 0.579. The zero-order valence-corrected chi connectivity index (χ0v) is 14.4. The Balaban J connectivity index is 1.31. The van der Waals surface area contributed by atoms with Crippen LogP contribution in [0.25, 0.3) is 11.4 Å². The predicted octanol–water partition coefficient (Wildman–Crippen LogP) is 2.04. The van der Waals surface area contributed by atoms with E-state index in [1.165, 1.54) is 18.4 Å². The molecule has 1 N–H and O–H groups in total. The first-order valence-corrected chi connectivity index (χ1v) is 9.26. The first kappa shape index (κ1) is 15.5. The molecular weight excluding hydrogens is 316 g/mol. The van der Waals surface area contributed by atoms with Crippen molar-refractivity contribution in [3.05, 3.63) is 35.7 Å². The molecule has 3 heterocycles. The van der Waals surface area contributed by atoms with Crippen molar-refractivity contribution < 1.29 is 9.26 Å². The smallest absolute Gasteiger partial charge is 0.230 e. The van der Waals surface area contributed by atoms with Crippen LogP contribution in [0.1, 0.15) is 30.2 Å². The minimum atomic E-state index is 0.391. The maximum Gasteiger partial charge on any atom is 0.230 e. The van der Waals surface area contributed by atoms with Crippen molar-refractivity contribution in [3.63, 3.8) is 0 Å². The summed E-state index contributed by atoms with van der Waals surface area (Å²) in [5.41, 5.74) is 2.72. The van der Waals surface area contributed by atoms with Gasteiger partial charge in [-0.25, -0.2) is 0 Å². The molecule has 25 heavy (non-hydrogen) atoms. The Kier molecular flexibility index (Phi) is 3.84. The molecule has 1 aliphatic carbocycles. The molecule has 2 atom stereocenters. The second-order valence-corrected chi connectivity index (χ2v) is 7.59. The van der Waals surface area contributed by atoms with Crippen LogP contribution in [0.15, 0.2) is 28.8 Å². The molecule has 1 spiro atoms. The lowest BCUT2D eigenvalue weighted by Crippen LogP contribution is -2.35. The molecule has 3 aliphatic rings. The molecule has 1 aromatic carbocycles. The molecule has 0 bridgehead atoms. The van der Waals surface area contributed by atoms with E-state index >= 15 is 0 Å². The summed E-state index contributed by atoms with van der Waals surface area (Å²) in [4.78, 5) is 7.13. The highest BCUT2D eigenvalue weighted by Gasteiger charge is 2.58. The normalized spacial score (nSPS) is 29.4. The van der Waals surface area contributed by atoms with Crippen molar-refractivity contribution in [3.8, 4) is 11.4 Å². The highest BCUT2D eigenvalue weighted by molar-refractivity contribution is 5.55. The Labute approximate surface area is 147 Å². The van der Waals surface area contributed by atoms with Gasteiger partial charge in [0.1, 0.15) is 0 Å². The monoisotopic (exact) mass is 340 g/mol. The SMILES string of the molecule is c1cc(CN2CCOCC2)cc(-c2noc(C3CC34CCNC4)n2)c1. The van der Waals surface area contributed by atoms with Gasteiger partial charge < -0.3 is 14.6 Å². The number of hydrogen-bond acceptors (Lipinski definition) is 6. The fourth-order valence-electron chi connectivity index (χ4n) is 4.25. The zero-order valence-electron chi connectivity index (χ0n) is 14.4. The Morgan fingerprint density at radius 1 is 1.28 bits per heavy atom. The number of ether oxygens (including phenoxy) is 1. The van der Waals surface area contributed by atoms with Crippen LogP contribution >= 0.6 is 0 Å². The van der Waals surface area contributed by atoms with E-state index in [2.05, 4.69) is 39.6 Å². The lowest BCUT2D eigenvalue weighted by Gasteiger charge is -2.26. The summed E-state index contributed by atoms with van der Waals surface area (Å²) in [6, 6.07) is 8.50. The first-order chi connectivity index (χ1) is 12.3. The van der Waals surface area contributed by atoms with Crippen molar-refractivity contribution in [2.75, 3.05) is 39.4 Å². The number of benzene rings is 1. The van der Waals surface area contributed by atoms with Gasteiger partial charge in [-0.1, -0.05) is 23.4 Å². The van der Waals surface area contributed by atoms with Crippen LogP contribution in [0, 0.1) is 5.41 Å². The van der Waals surface area contributed by atoms with Crippen molar-refractivity contribution in [2.24, 2.45) is 5.41 Å². The summed E-state index contributed by atoms with van der Waals surface area (Å²) < 4.78 is 11.0. The molecule has 0 amide bonds. The molecule has 2 aliphatic heterocycles. The van der Waals surface area contributed by atoms with Crippen LogP contribution in [-0.4, -0.2) is 54.4 Å². The fourth-order valence-corrected chi connectivity index (χ4v) is 4.25. The lowest BCUT2D eigenvalue weighted by molar-refractivity contribution is 0.0342.